The molecule has 5 nitrogen and oxygen atoms in total. The molecule has 0 atom stereocenters. The van der Waals surface area contributed by atoms with E-state index in [9.17, 15) is 0 Å². The number of fused-ring (bicyclic) bond motifs is 1. The molecule has 5 heteroatoms. The Labute approximate surface area is 110 Å². The number of aromatic nitrogens is 3. The fraction of sp³-hybridized carbons (Fsp3) is 0.143. The number of ether oxygens (including phenoxy) is 1. The van der Waals surface area contributed by atoms with Crippen molar-refractivity contribution in [1.29, 1.82) is 0 Å². The first-order valence-electron chi connectivity index (χ1n) is 5.95. The van der Waals surface area contributed by atoms with Gasteiger partial charge in [-0.25, -0.2) is 0 Å². The molecule has 0 amide bonds. The van der Waals surface area contributed by atoms with Gasteiger partial charge in [-0.2, -0.15) is 4.80 Å². The van der Waals surface area contributed by atoms with Gasteiger partial charge < -0.3 is 10.5 Å². The second kappa shape index (κ2) is 4.28. The third kappa shape index (κ3) is 1.99. The maximum atomic E-state index is 5.80. The van der Waals surface area contributed by atoms with Crippen molar-refractivity contribution in [2.24, 2.45) is 0 Å². The van der Waals surface area contributed by atoms with Gasteiger partial charge in [0.1, 0.15) is 16.8 Å². The molecule has 1 aromatic heterocycles. The molecule has 3 rings (SSSR count). The molecule has 0 unspecified atom stereocenters. The van der Waals surface area contributed by atoms with Gasteiger partial charge in [-0.3, -0.25) is 0 Å². The van der Waals surface area contributed by atoms with Crippen LogP contribution in [0.15, 0.2) is 36.4 Å². The molecule has 0 saturated heterocycles. The standard InChI is InChI=1S/C14H14N4O/c1-9-3-6-12-13(7-9)17-18(16-12)10-4-5-11(15)14(8-10)19-2/h3-8H,15H2,1-2H3. The van der Waals surface area contributed by atoms with Crippen LogP contribution >= 0.6 is 0 Å². The van der Waals surface area contributed by atoms with Gasteiger partial charge in [-0.1, -0.05) is 6.07 Å². The fourth-order valence-corrected chi connectivity index (χ4v) is 1.96. The largest absolute Gasteiger partial charge is 0.495 e. The highest BCUT2D eigenvalue weighted by Crippen LogP contribution is 2.24. The molecule has 0 aliphatic carbocycles. The highest BCUT2D eigenvalue weighted by atomic mass is 16.5. The molecule has 2 N–H and O–H groups in total. The smallest absolute Gasteiger partial charge is 0.143 e. The van der Waals surface area contributed by atoms with Crippen LogP contribution in [0, 0.1) is 6.92 Å². The Hall–Kier alpha value is -2.56. The van der Waals surface area contributed by atoms with Gasteiger partial charge in [0.2, 0.25) is 0 Å². The van der Waals surface area contributed by atoms with Crippen LogP contribution in [0.3, 0.4) is 0 Å². The van der Waals surface area contributed by atoms with E-state index in [0.29, 0.717) is 11.4 Å². The summed E-state index contributed by atoms with van der Waals surface area (Å²) in [6.07, 6.45) is 0. The first-order valence-corrected chi connectivity index (χ1v) is 5.95. The third-order valence-electron chi connectivity index (χ3n) is 2.98. The minimum Gasteiger partial charge on any atom is -0.495 e. The number of nitrogen functional groups attached to an aromatic ring is 1. The first-order chi connectivity index (χ1) is 9.17. The first kappa shape index (κ1) is 11.5. The molecular formula is C14H14N4O. The van der Waals surface area contributed by atoms with Gasteiger partial charge in [0.15, 0.2) is 0 Å². The lowest BCUT2D eigenvalue weighted by molar-refractivity contribution is 0.416. The van der Waals surface area contributed by atoms with Gasteiger partial charge in [0.25, 0.3) is 0 Å². The van der Waals surface area contributed by atoms with Crippen LogP contribution < -0.4 is 10.5 Å². The summed E-state index contributed by atoms with van der Waals surface area (Å²) in [6, 6.07) is 11.5. The molecule has 0 aliphatic rings. The molecule has 19 heavy (non-hydrogen) atoms. The highest BCUT2D eigenvalue weighted by molar-refractivity contribution is 5.74. The van der Waals surface area contributed by atoms with Gasteiger partial charge in [0.05, 0.1) is 18.5 Å². The van der Waals surface area contributed by atoms with Crippen LogP contribution in [-0.4, -0.2) is 22.1 Å². The van der Waals surface area contributed by atoms with Gasteiger partial charge in [0, 0.05) is 6.07 Å². The molecule has 0 fully saturated rings. The molecule has 1 heterocycles. The lowest BCUT2D eigenvalue weighted by atomic mass is 10.2. The Morgan fingerprint density at radius 2 is 1.84 bits per heavy atom. The number of nitrogens with zero attached hydrogens (tertiary/aromatic N) is 3. The van der Waals surface area contributed by atoms with Crippen LogP contribution in [0.5, 0.6) is 5.75 Å². The fourth-order valence-electron chi connectivity index (χ4n) is 1.96. The molecule has 2 aromatic carbocycles. The maximum absolute atomic E-state index is 5.80. The van der Waals surface area contributed by atoms with Crippen LogP contribution in [0.4, 0.5) is 5.69 Å². The topological polar surface area (TPSA) is 66.0 Å². The molecule has 0 bridgehead atoms. The summed E-state index contributed by atoms with van der Waals surface area (Å²) in [5, 5.41) is 8.90. The number of nitrogens with two attached hydrogens (primary N) is 1. The lowest BCUT2D eigenvalue weighted by Crippen LogP contribution is -2.00. The Kier molecular flexibility index (Phi) is 2.59. The van der Waals surface area contributed by atoms with Crippen LogP contribution in [-0.2, 0) is 0 Å². The maximum Gasteiger partial charge on any atom is 0.143 e. The Balaban J connectivity index is 2.13. The normalized spacial score (nSPS) is 10.8. The molecule has 96 valence electrons. The Morgan fingerprint density at radius 1 is 1.05 bits per heavy atom. The van der Waals surface area contributed by atoms with Crippen LogP contribution in [0.2, 0.25) is 0 Å². The second-order valence-electron chi connectivity index (χ2n) is 4.41. The summed E-state index contributed by atoms with van der Waals surface area (Å²) < 4.78 is 5.21. The van der Waals surface area contributed by atoms with Crippen molar-refractivity contribution in [3.63, 3.8) is 0 Å². The van der Waals surface area contributed by atoms with Crippen molar-refractivity contribution in [1.82, 2.24) is 15.0 Å². The molecular weight excluding hydrogens is 240 g/mol. The highest BCUT2D eigenvalue weighted by Gasteiger charge is 2.07. The quantitative estimate of drug-likeness (QED) is 0.713. The zero-order chi connectivity index (χ0) is 13.4. The van der Waals surface area contributed by atoms with Crippen molar-refractivity contribution in [3.05, 3.63) is 42.0 Å². The van der Waals surface area contributed by atoms with Crippen LogP contribution in [0.1, 0.15) is 5.56 Å². The summed E-state index contributed by atoms with van der Waals surface area (Å²) in [5.41, 5.74) is 10.1. The average molecular weight is 254 g/mol. The zero-order valence-electron chi connectivity index (χ0n) is 10.8. The predicted octanol–water partition coefficient (Wildman–Crippen LogP) is 2.32. The number of methoxy groups -OCH3 is 1. The van der Waals surface area contributed by atoms with E-state index in [4.69, 9.17) is 10.5 Å². The van der Waals surface area contributed by atoms with Gasteiger partial charge in [-0.05, 0) is 36.8 Å². The Bertz CT molecular complexity index is 748. The van der Waals surface area contributed by atoms with E-state index in [0.717, 1.165) is 22.3 Å². The second-order valence-corrected chi connectivity index (χ2v) is 4.41. The summed E-state index contributed by atoms with van der Waals surface area (Å²) in [4.78, 5) is 1.59. The minimum absolute atomic E-state index is 0.596. The van der Waals surface area contributed by atoms with Crippen molar-refractivity contribution < 1.29 is 4.74 Å². The molecule has 0 radical (unpaired) electrons. The minimum atomic E-state index is 0.596. The summed E-state index contributed by atoms with van der Waals surface area (Å²) in [6.45, 7) is 2.03. The van der Waals surface area contributed by atoms with E-state index < -0.39 is 0 Å². The van der Waals surface area contributed by atoms with Crippen molar-refractivity contribution in [2.45, 2.75) is 6.92 Å². The van der Waals surface area contributed by atoms with E-state index in [1.54, 1.807) is 18.0 Å². The van der Waals surface area contributed by atoms with Crippen molar-refractivity contribution >= 4 is 16.7 Å². The van der Waals surface area contributed by atoms with E-state index in [-0.39, 0.29) is 0 Å². The van der Waals surface area contributed by atoms with Crippen molar-refractivity contribution in [2.75, 3.05) is 12.8 Å². The van der Waals surface area contributed by atoms with E-state index in [2.05, 4.69) is 10.2 Å². The van der Waals surface area contributed by atoms with Crippen LogP contribution in [0.25, 0.3) is 16.7 Å². The Morgan fingerprint density at radius 3 is 2.63 bits per heavy atom. The van der Waals surface area contributed by atoms with Crippen molar-refractivity contribution in [3.8, 4) is 11.4 Å². The summed E-state index contributed by atoms with van der Waals surface area (Å²) in [5.74, 6) is 0.620. The predicted molar refractivity (Wildman–Crippen MR) is 74.6 cm³/mol. The molecule has 0 spiro atoms. The number of aryl methyl sites for hydroxylation is 1. The number of benzene rings is 2. The molecule has 3 aromatic rings. The number of hydrogen-bond donors (Lipinski definition) is 1. The summed E-state index contributed by atoms with van der Waals surface area (Å²) in [7, 11) is 1.59. The van der Waals surface area contributed by atoms with E-state index in [1.165, 1.54) is 0 Å². The zero-order valence-corrected chi connectivity index (χ0v) is 10.8. The molecule has 0 saturated carbocycles. The van der Waals surface area contributed by atoms with Gasteiger partial charge >= 0.3 is 0 Å². The number of anilines is 1. The average Bonchev–Trinajstić information content (AvgIpc) is 2.82. The summed E-state index contributed by atoms with van der Waals surface area (Å²) >= 11 is 0. The third-order valence-corrected chi connectivity index (χ3v) is 2.98. The van der Waals surface area contributed by atoms with E-state index in [1.807, 2.05) is 37.3 Å². The van der Waals surface area contributed by atoms with E-state index >= 15 is 0 Å². The number of hydrogen-bond acceptors (Lipinski definition) is 4. The number of rotatable bonds is 2. The lowest BCUT2D eigenvalue weighted by Gasteiger charge is -2.06. The monoisotopic (exact) mass is 254 g/mol. The molecule has 0 aliphatic heterocycles. The SMILES string of the molecule is COc1cc(-n2nc3ccc(C)cc3n2)ccc1N. The van der Waals surface area contributed by atoms with Gasteiger partial charge in [-0.15, -0.1) is 10.2 Å².